The van der Waals surface area contributed by atoms with Crippen molar-refractivity contribution in [2.75, 3.05) is 5.32 Å². The van der Waals surface area contributed by atoms with Gasteiger partial charge in [-0.15, -0.1) is 0 Å². The summed E-state index contributed by atoms with van der Waals surface area (Å²) < 4.78 is 0. The Morgan fingerprint density at radius 1 is 1.31 bits per heavy atom. The zero-order valence-corrected chi connectivity index (χ0v) is 9.03. The number of aryl methyl sites for hydroxylation is 1. The van der Waals surface area contributed by atoms with Crippen molar-refractivity contribution < 1.29 is 0 Å². The Bertz CT molecular complexity index is 519. The Morgan fingerprint density at radius 3 is 2.81 bits per heavy atom. The number of aromatic nitrogens is 2. The second kappa shape index (κ2) is 4.61. The maximum Gasteiger partial charge on any atom is 0.287 e. The molecule has 0 fully saturated rings. The van der Waals surface area contributed by atoms with E-state index >= 15 is 0 Å². The number of nitrogens with one attached hydrogen (secondary N) is 2. The number of hydrogen-bond donors (Lipinski definition) is 2. The molecule has 16 heavy (non-hydrogen) atoms. The molecule has 2 aromatic rings. The molecule has 0 unspecified atom stereocenters. The molecule has 0 aliphatic rings. The van der Waals surface area contributed by atoms with Crippen LogP contribution < -0.4 is 10.9 Å². The average molecular weight is 215 g/mol. The molecule has 0 saturated heterocycles. The van der Waals surface area contributed by atoms with E-state index in [0.29, 0.717) is 12.2 Å². The summed E-state index contributed by atoms with van der Waals surface area (Å²) in [7, 11) is 0. The highest BCUT2D eigenvalue weighted by Gasteiger charge is 1.99. The molecule has 1 heterocycles. The Labute approximate surface area is 93.3 Å². The molecule has 0 aliphatic heterocycles. The van der Waals surface area contributed by atoms with Crippen LogP contribution in [0.3, 0.4) is 0 Å². The third kappa shape index (κ3) is 2.48. The fraction of sp³-hybridized carbons (Fsp3) is 0.167. The smallest absolute Gasteiger partial charge is 0.287 e. The van der Waals surface area contributed by atoms with Gasteiger partial charge in [-0.1, -0.05) is 30.3 Å². The molecule has 0 spiro atoms. The lowest BCUT2D eigenvalue weighted by Crippen LogP contribution is -2.15. The van der Waals surface area contributed by atoms with Crippen molar-refractivity contribution in [2.45, 2.75) is 13.5 Å². The van der Waals surface area contributed by atoms with Gasteiger partial charge in [0.1, 0.15) is 5.69 Å². The summed E-state index contributed by atoms with van der Waals surface area (Å²) in [5.74, 6) is 0. The van der Waals surface area contributed by atoms with Crippen LogP contribution in [0.5, 0.6) is 0 Å². The normalized spacial score (nSPS) is 10.1. The third-order valence-electron chi connectivity index (χ3n) is 2.26. The Balaban J connectivity index is 2.11. The van der Waals surface area contributed by atoms with E-state index in [4.69, 9.17) is 0 Å². The van der Waals surface area contributed by atoms with Crippen LogP contribution in [0, 0.1) is 6.92 Å². The third-order valence-corrected chi connectivity index (χ3v) is 2.26. The van der Waals surface area contributed by atoms with Gasteiger partial charge in [0.15, 0.2) is 0 Å². The van der Waals surface area contributed by atoms with Crippen LogP contribution in [-0.4, -0.2) is 10.2 Å². The molecule has 4 heteroatoms. The highest BCUT2D eigenvalue weighted by atomic mass is 16.1. The fourth-order valence-corrected chi connectivity index (χ4v) is 1.43. The number of aromatic amines is 1. The standard InChI is InChI=1S/C12H13N3O/c1-9-7-11(12(16)15-14-9)13-8-10-5-3-2-4-6-10/h2-7H,8H2,1H3,(H,13,14)(H,15,16). The molecule has 0 atom stereocenters. The van der Waals surface area contributed by atoms with Crippen LogP contribution in [-0.2, 0) is 6.54 Å². The lowest BCUT2D eigenvalue weighted by atomic mass is 10.2. The summed E-state index contributed by atoms with van der Waals surface area (Å²) >= 11 is 0. The molecule has 2 N–H and O–H groups in total. The molecule has 2 rings (SSSR count). The van der Waals surface area contributed by atoms with Gasteiger partial charge in [0.25, 0.3) is 5.56 Å². The summed E-state index contributed by atoms with van der Waals surface area (Å²) in [6, 6.07) is 11.7. The molecule has 4 nitrogen and oxygen atoms in total. The second-order valence-electron chi connectivity index (χ2n) is 3.59. The largest absolute Gasteiger partial charge is 0.376 e. The first-order valence-electron chi connectivity index (χ1n) is 5.10. The zero-order chi connectivity index (χ0) is 11.4. The second-order valence-corrected chi connectivity index (χ2v) is 3.59. The van der Waals surface area contributed by atoms with Gasteiger partial charge >= 0.3 is 0 Å². The van der Waals surface area contributed by atoms with E-state index in [1.165, 1.54) is 0 Å². The Hall–Kier alpha value is -2.10. The molecule has 0 radical (unpaired) electrons. The minimum atomic E-state index is -0.193. The highest BCUT2D eigenvalue weighted by Crippen LogP contribution is 2.04. The van der Waals surface area contributed by atoms with Gasteiger partial charge in [0.05, 0.1) is 5.69 Å². The van der Waals surface area contributed by atoms with Crippen molar-refractivity contribution in [3.8, 4) is 0 Å². The van der Waals surface area contributed by atoms with E-state index in [1.54, 1.807) is 6.07 Å². The molecule has 0 amide bonds. The number of anilines is 1. The van der Waals surface area contributed by atoms with E-state index in [2.05, 4.69) is 15.5 Å². The van der Waals surface area contributed by atoms with Crippen molar-refractivity contribution >= 4 is 5.69 Å². The SMILES string of the molecule is Cc1cc(NCc2ccccc2)c(=O)[nH]n1. The predicted molar refractivity (Wildman–Crippen MR) is 63.4 cm³/mol. The van der Waals surface area contributed by atoms with Crippen LogP contribution in [0.15, 0.2) is 41.2 Å². The first-order chi connectivity index (χ1) is 7.75. The summed E-state index contributed by atoms with van der Waals surface area (Å²) in [6.45, 7) is 2.47. The number of H-pyrrole nitrogens is 1. The maximum atomic E-state index is 11.4. The van der Waals surface area contributed by atoms with Gasteiger partial charge in [0, 0.05) is 6.54 Å². The van der Waals surface area contributed by atoms with Gasteiger partial charge < -0.3 is 5.32 Å². The first kappa shape index (κ1) is 10.4. The Morgan fingerprint density at radius 2 is 2.06 bits per heavy atom. The quantitative estimate of drug-likeness (QED) is 0.819. The first-order valence-corrected chi connectivity index (χ1v) is 5.10. The van der Waals surface area contributed by atoms with Crippen molar-refractivity contribution in [3.05, 3.63) is 58.0 Å². The Kier molecular flexibility index (Phi) is 3.00. The number of nitrogens with zero attached hydrogens (tertiary/aromatic N) is 1. The number of benzene rings is 1. The van der Waals surface area contributed by atoms with Crippen LogP contribution in [0.2, 0.25) is 0 Å². The van der Waals surface area contributed by atoms with Crippen LogP contribution in [0.1, 0.15) is 11.3 Å². The fourth-order valence-electron chi connectivity index (χ4n) is 1.43. The molecule has 82 valence electrons. The minimum Gasteiger partial charge on any atom is -0.376 e. The van der Waals surface area contributed by atoms with Crippen molar-refractivity contribution in [2.24, 2.45) is 0 Å². The average Bonchev–Trinajstić information content (AvgIpc) is 2.32. The molecule has 1 aromatic carbocycles. The van der Waals surface area contributed by atoms with Crippen molar-refractivity contribution in [3.63, 3.8) is 0 Å². The molecule has 1 aromatic heterocycles. The van der Waals surface area contributed by atoms with Crippen LogP contribution in [0.25, 0.3) is 0 Å². The van der Waals surface area contributed by atoms with E-state index < -0.39 is 0 Å². The molecule has 0 saturated carbocycles. The van der Waals surface area contributed by atoms with Crippen molar-refractivity contribution in [1.82, 2.24) is 10.2 Å². The zero-order valence-electron chi connectivity index (χ0n) is 9.03. The van der Waals surface area contributed by atoms with Gasteiger partial charge in [-0.05, 0) is 18.6 Å². The summed E-state index contributed by atoms with van der Waals surface area (Å²) in [5, 5.41) is 9.34. The van der Waals surface area contributed by atoms with Gasteiger partial charge in [-0.3, -0.25) is 4.79 Å². The topological polar surface area (TPSA) is 57.8 Å². The summed E-state index contributed by atoms with van der Waals surface area (Å²) in [5.41, 5.74) is 2.28. The summed E-state index contributed by atoms with van der Waals surface area (Å²) in [4.78, 5) is 11.4. The lowest BCUT2D eigenvalue weighted by molar-refractivity contribution is 0.940. The monoisotopic (exact) mass is 215 g/mol. The van der Waals surface area contributed by atoms with Crippen LogP contribution in [0.4, 0.5) is 5.69 Å². The van der Waals surface area contributed by atoms with Gasteiger partial charge in [0.2, 0.25) is 0 Å². The molecular weight excluding hydrogens is 202 g/mol. The minimum absolute atomic E-state index is 0.193. The number of hydrogen-bond acceptors (Lipinski definition) is 3. The predicted octanol–water partition coefficient (Wildman–Crippen LogP) is 1.69. The lowest BCUT2D eigenvalue weighted by Gasteiger charge is -2.05. The maximum absolute atomic E-state index is 11.4. The van der Waals surface area contributed by atoms with Gasteiger partial charge in [-0.2, -0.15) is 5.10 Å². The van der Waals surface area contributed by atoms with E-state index in [-0.39, 0.29) is 5.56 Å². The summed E-state index contributed by atoms with van der Waals surface area (Å²) in [6.07, 6.45) is 0. The van der Waals surface area contributed by atoms with Crippen molar-refractivity contribution in [1.29, 1.82) is 0 Å². The molecule has 0 aliphatic carbocycles. The van der Waals surface area contributed by atoms with E-state index in [0.717, 1.165) is 11.3 Å². The molecule has 0 bridgehead atoms. The molecular formula is C12H13N3O. The van der Waals surface area contributed by atoms with E-state index in [1.807, 2.05) is 37.3 Å². The van der Waals surface area contributed by atoms with Crippen LogP contribution >= 0.6 is 0 Å². The highest BCUT2D eigenvalue weighted by molar-refractivity contribution is 5.41. The number of rotatable bonds is 3. The van der Waals surface area contributed by atoms with Gasteiger partial charge in [-0.25, -0.2) is 5.10 Å². The van der Waals surface area contributed by atoms with E-state index in [9.17, 15) is 4.79 Å².